The highest BCUT2D eigenvalue weighted by Crippen LogP contribution is 2.23. The van der Waals surface area contributed by atoms with Crippen molar-refractivity contribution in [2.45, 2.75) is 13.8 Å². The first kappa shape index (κ1) is 13.3. The Hall–Kier alpha value is -2.09. The average Bonchev–Trinajstić information content (AvgIpc) is 2.46. The minimum atomic E-state index is 0.0128. The molecule has 0 saturated heterocycles. The first-order valence-corrected chi connectivity index (χ1v) is 6.52. The second-order valence-corrected chi connectivity index (χ2v) is 4.96. The standard InChI is InChI=1S/C17H19NO/c1-13(2)17(19)18(3)16-11-9-15(10-12-16)14-7-5-4-6-8-14/h4-13H,1-3H3. The van der Waals surface area contributed by atoms with Crippen molar-refractivity contribution in [2.24, 2.45) is 5.92 Å². The molecule has 2 rings (SSSR count). The second-order valence-electron chi connectivity index (χ2n) is 4.96. The second kappa shape index (κ2) is 5.70. The first-order chi connectivity index (χ1) is 9.09. The molecule has 0 aliphatic carbocycles. The Bertz CT molecular complexity index is 543. The number of hydrogen-bond acceptors (Lipinski definition) is 1. The maximum absolute atomic E-state index is 11.9. The Balaban J connectivity index is 2.22. The van der Waals surface area contributed by atoms with E-state index in [1.807, 2.05) is 51.2 Å². The van der Waals surface area contributed by atoms with Crippen molar-refractivity contribution in [1.29, 1.82) is 0 Å². The van der Waals surface area contributed by atoms with Gasteiger partial charge in [0.15, 0.2) is 0 Å². The van der Waals surface area contributed by atoms with Crippen molar-refractivity contribution < 1.29 is 4.79 Å². The van der Waals surface area contributed by atoms with Crippen molar-refractivity contribution in [2.75, 3.05) is 11.9 Å². The highest BCUT2D eigenvalue weighted by molar-refractivity contribution is 5.94. The van der Waals surface area contributed by atoms with Gasteiger partial charge in [-0.2, -0.15) is 0 Å². The molecule has 0 bridgehead atoms. The molecule has 1 amide bonds. The molecule has 0 heterocycles. The van der Waals surface area contributed by atoms with E-state index < -0.39 is 0 Å². The van der Waals surface area contributed by atoms with Crippen LogP contribution in [-0.4, -0.2) is 13.0 Å². The van der Waals surface area contributed by atoms with Gasteiger partial charge in [0.2, 0.25) is 5.91 Å². The SMILES string of the molecule is CC(C)C(=O)N(C)c1ccc(-c2ccccc2)cc1. The van der Waals surface area contributed by atoms with Crippen molar-refractivity contribution in [3.63, 3.8) is 0 Å². The fourth-order valence-corrected chi connectivity index (χ4v) is 2.02. The molecule has 2 heteroatoms. The van der Waals surface area contributed by atoms with Gasteiger partial charge in [0.05, 0.1) is 0 Å². The van der Waals surface area contributed by atoms with Crippen LogP contribution >= 0.6 is 0 Å². The zero-order valence-electron chi connectivity index (χ0n) is 11.6. The molecule has 0 aliphatic heterocycles. The van der Waals surface area contributed by atoms with E-state index in [1.54, 1.807) is 4.90 Å². The van der Waals surface area contributed by atoms with Crippen molar-refractivity contribution in [3.8, 4) is 11.1 Å². The molecule has 2 aromatic carbocycles. The summed E-state index contributed by atoms with van der Waals surface area (Å²) in [6.45, 7) is 3.83. The van der Waals surface area contributed by atoms with E-state index in [9.17, 15) is 4.79 Å². The molecule has 19 heavy (non-hydrogen) atoms. The summed E-state index contributed by atoms with van der Waals surface area (Å²) in [7, 11) is 1.82. The highest BCUT2D eigenvalue weighted by atomic mass is 16.2. The van der Waals surface area contributed by atoms with E-state index in [-0.39, 0.29) is 11.8 Å². The lowest BCUT2D eigenvalue weighted by molar-refractivity contribution is -0.121. The maximum atomic E-state index is 11.9. The van der Waals surface area contributed by atoms with Gasteiger partial charge in [-0.15, -0.1) is 0 Å². The van der Waals surface area contributed by atoms with E-state index >= 15 is 0 Å². The molecule has 2 nitrogen and oxygen atoms in total. The molecule has 0 unspecified atom stereocenters. The van der Waals surface area contributed by atoms with E-state index in [4.69, 9.17) is 0 Å². The van der Waals surface area contributed by atoms with Gasteiger partial charge in [-0.1, -0.05) is 56.3 Å². The molecule has 0 N–H and O–H groups in total. The van der Waals surface area contributed by atoms with Crippen LogP contribution in [0.5, 0.6) is 0 Å². The topological polar surface area (TPSA) is 20.3 Å². The summed E-state index contributed by atoms with van der Waals surface area (Å²) in [4.78, 5) is 13.6. The number of hydrogen-bond donors (Lipinski definition) is 0. The van der Waals surface area contributed by atoms with Crippen LogP contribution in [0.4, 0.5) is 5.69 Å². The number of anilines is 1. The van der Waals surface area contributed by atoms with E-state index in [0.29, 0.717) is 0 Å². The molecule has 98 valence electrons. The van der Waals surface area contributed by atoms with Crippen LogP contribution < -0.4 is 4.90 Å². The quantitative estimate of drug-likeness (QED) is 0.810. The van der Waals surface area contributed by atoms with Gasteiger partial charge < -0.3 is 4.90 Å². The zero-order chi connectivity index (χ0) is 13.8. The Morgan fingerprint density at radius 2 is 1.42 bits per heavy atom. The molecule has 0 saturated carbocycles. The molecule has 2 aromatic rings. The van der Waals surface area contributed by atoms with Gasteiger partial charge in [-0.25, -0.2) is 0 Å². The third kappa shape index (κ3) is 3.02. The summed E-state index contributed by atoms with van der Waals surface area (Å²) >= 11 is 0. The largest absolute Gasteiger partial charge is 0.315 e. The monoisotopic (exact) mass is 253 g/mol. The van der Waals surface area contributed by atoms with Gasteiger partial charge >= 0.3 is 0 Å². The fourth-order valence-electron chi connectivity index (χ4n) is 2.02. The molecular weight excluding hydrogens is 234 g/mol. The minimum Gasteiger partial charge on any atom is -0.315 e. The molecule has 0 atom stereocenters. The Morgan fingerprint density at radius 3 is 1.95 bits per heavy atom. The summed E-state index contributed by atoms with van der Waals surface area (Å²) < 4.78 is 0. The summed E-state index contributed by atoms with van der Waals surface area (Å²) in [5, 5.41) is 0. The van der Waals surface area contributed by atoms with Crippen LogP contribution in [0.15, 0.2) is 54.6 Å². The number of amides is 1. The predicted octanol–water partition coefficient (Wildman–Crippen LogP) is 3.97. The summed E-state index contributed by atoms with van der Waals surface area (Å²) in [5.74, 6) is 0.145. The molecule has 0 spiro atoms. The van der Waals surface area contributed by atoms with Crippen molar-refractivity contribution in [3.05, 3.63) is 54.6 Å². The average molecular weight is 253 g/mol. The van der Waals surface area contributed by atoms with Crippen LogP contribution in [0, 0.1) is 5.92 Å². The maximum Gasteiger partial charge on any atom is 0.229 e. The normalized spacial score (nSPS) is 10.5. The molecule has 0 aliphatic rings. The van der Waals surface area contributed by atoms with Crippen LogP contribution in [0.1, 0.15) is 13.8 Å². The zero-order valence-corrected chi connectivity index (χ0v) is 11.6. The molecule has 0 aromatic heterocycles. The van der Waals surface area contributed by atoms with Gasteiger partial charge in [0.25, 0.3) is 0 Å². The summed E-state index contributed by atoms with van der Waals surface area (Å²) in [6.07, 6.45) is 0. The summed E-state index contributed by atoms with van der Waals surface area (Å²) in [6, 6.07) is 18.3. The van der Waals surface area contributed by atoms with Crippen LogP contribution in [0.3, 0.4) is 0 Å². The van der Waals surface area contributed by atoms with E-state index in [1.165, 1.54) is 5.56 Å². The number of benzene rings is 2. The van der Waals surface area contributed by atoms with Crippen LogP contribution in [0.25, 0.3) is 11.1 Å². The minimum absolute atomic E-state index is 0.0128. The molecule has 0 radical (unpaired) electrons. The van der Waals surface area contributed by atoms with Gasteiger partial charge in [0.1, 0.15) is 0 Å². The summed E-state index contributed by atoms with van der Waals surface area (Å²) in [5.41, 5.74) is 3.28. The lowest BCUT2D eigenvalue weighted by Crippen LogP contribution is -2.30. The number of rotatable bonds is 3. The number of carbonyl (C=O) groups is 1. The predicted molar refractivity (Wildman–Crippen MR) is 80.1 cm³/mol. The highest BCUT2D eigenvalue weighted by Gasteiger charge is 2.14. The fraction of sp³-hybridized carbons (Fsp3) is 0.235. The van der Waals surface area contributed by atoms with Gasteiger partial charge in [-0.3, -0.25) is 4.79 Å². The number of carbonyl (C=O) groups excluding carboxylic acids is 1. The van der Waals surface area contributed by atoms with E-state index in [2.05, 4.69) is 24.3 Å². The third-order valence-corrected chi connectivity index (χ3v) is 3.19. The Kier molecular flexibility index (Phi) is 4.00. The molecule has 0 fully saturated rings. The third-order valence-electron chi connectivity index (χ3n) is 3.19. The lowest BCUT2D eigenvalue weighted by Gasteiger charge is -2.19. The van der Waals surface area contributed by atoms with Crippen LogP contribution in [-0.2, 0) is 4.79 Å². The lowest BCUT2D eigenvalue weighted by atomic mass is 10.1. The first-order valence-electron chi connectivity index (χ1n) is 6.52. The Labute approximate surface area is 114 Å². The van der Waals surface area contributed by atoms with Gasteiger partial charge in [0, 0.05) is 18.7 Å². The van der Waals surface area contributed by atoms with Crippen LogP contribution in [0.2, 0.25) is 0 Å². The Morgan fingerprint density at radius 1 is 0.895 bits per heavy atom. The van der Waals surface area contributed by atoms with Crippen molar-refractivity contribution in [1.82, 2.24) is 0 Å². The number of nitrogens with zero attached hydrogens (tertiary/aromatic N) is 1. The van der Waals surface area contributed by atoms with E-state index in [0.717, 1.165) is 11.3 Å². The van der Waals surface area contributed by atoms with Crippen molar-refractivity contribution >= 4 is 11.6 Å². The molecular formula is C17H19NO. The smallest absolute Gasteiger partial charge is 0.229 e. The van der Waals surface area contributed by atoms with Gasteiger partial charge in [-0.05, 0) is 23.3 Å².